The van der Waals surface area contributed by atoms with Gasteiger partial charge in [-0.3, -0.25) is 0 Å². The van der Waals surface area contributed by atoms with Gasteiger partial charge in [-0.05, 0) is 128 Å². The lowest BCUT2D eigenvalue weighted by molar-refractivity contribution is 0.482. The molecule has 6 aromatic carbocycles. The lowest BCUT2D eigenvalue weighted by Gasteiger charge is -2.10. The number of ether oxygens (including phenoxy) is 2. The van der Waals surface area contributed by atoms with Crippen LogP contribution in [0.5, 0.6) is 23.0 Å². The lowest BCUT2D eigenvalue weighted by Crippen LogP contribution is -2.01. The molecule has 0 amide bonds. The Hall–Kier alpha value is -5.18. The van der Waals surface area contributed by atoms with E-state index in [4.69, 9.17) is 9.47 Å². The van der Waals surface area contributed by atoms with E-state index in [1.807, 2.05) is 62.4 Å². The Bertz CT molecular complexity index is 2030. The van der Waals surface area contributed by atoms with Gasteiger partial charge in [-0.2, -0.15) is 0 Å². The molecule has 0 bridgehead atoms. The van der Waals surface area contributed by atoms with Crippen molar-refractivity contribution in [3.63, 3.8) is 0 Å². The fourth-order valence-corrected chi connectivity index (χ4v) is 7.46. The Balaban J connectivity index is 1.03. The molecule has 0 radical (unpaired) electrons. The van der Waals surface area contributed by atoms with Gasteiger partial charge in [0, 0.05) is 0 Å². The summed E-state index contributed by atoms with van der Waals surface area (Å²) < 4.78 is 63.6. The molecule has 0 aliphatic carbocycles. The summed E-state index contributed by atoms with van der Waals surface area (Å²) in [6.07, 6.45) is 0.706. The molecule has 0 saturated heterocycles. The van der Waals surface area contributed by atoms with Gasteiger partial charge in [-0.15, -0.1) is 0 Å². The van der Waals surface area contributed by atoms with Gasteiger partial charge < -0.3 is 9.47 Å². The Kier molecular flexibility index (Phi) is 8.98. The Morgan fingerprint density at radius 2 is 0.596 bits per heavy atom. The smallest absolute Gasteiger partial charge is 0.206 e. The summed E-state index contributed by atoms with van der Waals surface area (Å²) >= 11 is 0. The molecule has 8 heteroatoms. The highest BCUT2D eigenvalue weighted by Crippen LogP contribution is 2.29. The van der Waals surface area contributed by atoms with E-state index >= 15 is 0 Å². The molecule has 0 spiro atoms. The van der Waals surface area contributed by atoms with E-state index in [-0.39, 0.29) is 19.6 Å². The van der Waals surface area contributed by atoms with Crippen molar-refractivity contribution in [1.82, 2.24) is 0 Å². The number of hydrogen-bond donors (Lipinski definition) is 0. The van der Waals surface area contributed by atoms with Crippen molar-refractivity contribution in [3.8, 4) is 23.0 Å². The highest BCUT2D eigenvalue weighted by molar-refractivity contribution is 7.91. The minimum atomic E-state index is -3.60. The average Bonchev–Trinajstić information content (AvgIpc) is 3.07. The molecule has 0 heterocycles. The highest BCUT2D eigenvalue weighted by Gasteiger charge is 2.18. The van der Waals surface area contributed by atoms with Crippen molar-refractivity contribution >= 4 is 19.7 Å². The predicted molar refractivity (Wildman–Crippen MR) is 182 cm³/mol. The summed E-state index contributed by atoms with van der Waals surface area (Å²) in [6, 6.07) is 41.9. The van der Waals surface area contributed by atoms with Crippen LogP contribution >= 0.6 is 0 Å². The van der Waals surface area contributed by atoms with Crippen LogP contribution in [0, 0.1) is 13.8 Å². The second kappa shape index (κ2) is 13.3. The molecule has 0 N–H and O–H groups in total. The number of aryl methyl sites for hydroxylation is 2. The van der Waals surface area contributed by atoms with E-state index < -0.39 is 19.7 Å². The maximum absolute atomic E-state index is 12.9. The van der Waals surface area contributed by atoms with Gasteiger partial charge in [0.2, 0.25) is 19.7 Å². The first kappa shape index (κ1) is 31.8. The zero-order chi connectivity index (χ0) is 33.0. The van der Waals surface area contributed by atoms with E-state index in [9.17, 15) is 16.8 Å². The van der Waals surface area contributed by atoms with E-state index in [1.54, 1.807) is 97.1 Å². The number of benzene rings is 6. The third-order valence-electron chi connectivity index (χ3n) is 7.66. The van der Waals surface area contributed by atoms with Crippen LogP contribution in [0.3, 0.4) is 0 Å². The minimum Gasteiger partial charge on any atom is -0.457 e. The van der Waals surface area contributed by atoms with Gasteiger partial charge in [0.1, 0.15) is 23.0 Å². The third-order valence-corrected chi connectivity index (χ3v) is 11.2. The largest absolute Gasteiger partial charge is 0.457 e. The van der Waals surface area contributed by atoms with Gasteiger partial charge in [0.05, 0.1) is 19.6 Å². The molecule has 0 aliphatic rings. The molecule has 0 fully saturated rings. The zero-order valence-electron chi connectivity index (χ0n) is 25.8. The summed E-state index contributed by atoms with van der Waals surface area (Å²) in [5.41, 5.74) is 4.18. The maximum atomic E-state index is 12.9. The van der Waals surface area contributed by atoms with Crippen molar-refractivity contribution in [2.75, 3.05) is 0 Å². The molecule has 0 atom stereocenters. The number of sulfone groups is 2. The van der Waals surface area contributed by atoms with Crippen molar-refractivity contribution in [1.29, 1.82) is 0 Å². The predicted octanol–water partition coefficient (Wildman–Crippen LogP) is 9.14. The molecule has 236 valence electrons. The van der Waals surface area contributed by atoms with E-state index in [2.05, 4.69) is 0 Å². The average molecular weight is 661 g/mol. The zero-order valence-corrected chi connectivity index (χ0v) is 27.5. The first-order chi connectivity index (χ1) is 22.6. The Labute approximate surface area is 275 Å². The van der Waals surface area contributed by atoms with Gasteiger partial charge in [-0.1, -0.05) is 59.7 Å². The van der Waals surface area contributed by atoms with Crippen molar-refractivity contribution < 1.29 is 26.3 Å². The molecule has 6 nitrogen and oxygen atoms in total. The lowest BCUT2D eigenvalue weighted by atomic mass is 10.0. The first-order valence-corrected chi connectivity index (χ1v) is 17.9. The summed E-state index contributed by atoms with van der Waals surface area (Å²) in [7, 11) is -7.20. The van der Waals surface area contributed by atoms with Crippen LogP contribution in [-0.4, -0.2) is 16.8 Å². The van der Waals surface area contributed by atoms with Crippen LogP contribution in [0.2, 0.25) is 0 Å². The second-order valence-electron chi connectivity index (χ2n) is 11.2. The standard InChI is InChI=1S/C39H32O6S2/c1-28-3-19-36(20-4-28)46(40,41)38-23-15-34(16-24-38)44-32-11-7-30(8-12-32)27-31-9-13-33(14-10-31)45-35-17-25-39(26-18-35)47(42,43)37-21-5-29(2)6-22-37/h3-26H,27H2,1-2H3. The Morgan fingerprint density at radius 3 is 0.872 bits per heavy atom. The van der Waals surface area contributed by atoms with Crippen molar-refractivity contribution in [3.05, 3.63) is 168 Å². The van der Waals surface area contributed by atoms with Crippen molar-refractivity contribution in [2.45, 2.75) is 39.9 Å². The van der Waals surface area contributed by atoms with Crippen LogP contribution in [0.25, 0.3) is 0 Å². The quantitative estimate of drug-likeness (QED) is 0.146. The molecule has 0 aliphatic heterocycles. The summed E-state index contributed by atoms with van der Waals surface area (Å²) in [6.45, 7) is 3.83. The molecule has 47 heavy (non-hydrogen) atoms. The molecular formula is C39H32O6S2. The minimum absolute atomic E-state index is 0.211. The van der Waals surface area contributed by atoms with E-state index in [0.29, 0.717) is 29.4 Å². The van der Waals surface area contributed by atoms with Gasteiger partial charge in [0.25, 0.3) is 0 Å². The monoisotopic (exact) mass is 660 g/mol. The van der Waals surface area contributed by atoms with Crippen molar-refractivity contribution in [2.24, 2.45) is 0 Å². The number of rotatable bonds is 10. The van der Waals surface area contributed by atoms with Crippen LogP contribution in [0.15, 0.2) is 165 Å². The van der Waals surface area contributed by atoms with Gasteiger partial charge in [-0.25, -0.2) is 16.8 Å². The topological polar surface area (TPSA) is 86.7 Å². The molecule has 0 saturated carbocycles. The molecule has 6 rings (SSSR count). The van der Waals surface area contributed by atoms with Crippen LogP contribution < -0.4 is 9.47 Å². The number of hydrogen-bond acceptors (Lipinski definition) is 6. The van der Waals surface area contributed by atoms with Gasteiger partial charge >= 0.3 is 0 Å². The maximum Gasteiger partial charge on any atom is 0.206 e. The molecule has 0 aromatic heterocycles. The molecule has 0 unspecified atom stereocenters. The van der Waals surface area contributed by atoms with Crippen LogP contribution in [-0.2, 0) is 26.1 Å². The van der Waals surface area contributed by atoms with Crippen LogP contribution in [0.4, 0.5) is 0 Å². The SMILES string of the molecule is Cc1ccc(S(=O)(=O)c2ccc(Oc3ccc(Cc4ccc(Oc5ccc(S(=O)(=O)c6ccc(C)cc6)cc5)cc4)cc3)cc2)cc1. The van der Waals surface area contributed by atoms with Crippen LogP contribution in [0.1, 0.15) is 22.3 Å². The fraction of sp³-hybridized carbons (Fsp3) is 0.0769. The fourth-order valence-electron chi connectivity index (χ4n) is 4.94. The summed E-state index contributed by atoms with van der Waals surface area (Å²) in [4.78, 5) is 0.937. The van der Waals surface area contributed by atoms with E-state index in [1.165, 1.54) is 0 Å². The third kappa shape index (κ3) is 7.46. The molecule has 6 aromatic rings. The van der Waals surface area contributed by atoms with E-state index in [0.717, 1.165) is 22.3 Å². The summed E-state index contributed by atoms with van der Waals surface area (Å²) in [5.74, 6) is 2.37. The normalized spacial score (nSPS) is 11.6. The Morgan fingerprint density at radius 1 is 0.362 bits per heavy atom. The molecular weight excluding hydrogens is 629 g/mol. The summed E-state index contributed by atoms with van der Waals surface area (Å²) in [5, 5.41) is 0. The second-order valence-corrected chi connectivity index (χ2v) is 15.1. The van der Waals surface area contributed by atoms with Gasteiger partial charge in [0.15, 0.2) is 0 Å². The first-order valence-electron chi connectivity index (χ1n) is 14.9. The highest BCUT2D eigenvalue weighted by atomic mass is 32.2.